The number of thiazole rings is 1. The van der Waals surface area contributed by atoms with Crippen molar-refractivity contribution in [1.29, 1.82) is 0 Å². The van der Waals surface area contributed by atoms with Crippen LogP contribution in [0.15, 0.2) is 98.3 Å². The maximum absolute atomic E-state index is 14.1. The molecule has 0 bridgehead atoms. The highest BCUT2D eigenvalue weighted by atomic mass is 32.1. The number of carbonyl (C=O) groups excluding carboxylic acids is 2. The normalized spacial score (nSPS) is 14.9. The maximum atomic E-state index is 14.1. The van der Waals surface area contributed by atoms with Gasteiger partial charge in [0.05, 0.1) is 35.5 Å². The van der Waals surface area contributed by atoms with Crippen molar-refractivity contribution in [3.05, 3.63) is 121 Å². The van der Waals surface area contributed by atoms with Crippen molar-refractivity contribution in [2.24, 2.45) is 4.99 Å². The first-order valence-electron chi connectivity index (χ1n) is 13.5. The molecule has 6 rings (SSSR count). The number of nitrogens with zero attached hydrogens (tertiary/aromatic N) is 2. The molecule has 0 aliphatic carbocycles. The highest BCUT2D eigenvalue weighted by molar-refractivity contribution is 7.07. The zero-order chi connectivity index (χ0) is 30.2. The molecule has 0 amide bonds. The van der Waals surface area contributed by atoms with Crippen molar-refractivity contribution in [2.75, 3.05) is 13.7 Å². The van der Waals surface area contributed by atoms with Gasteiger partial charge in [-0.15, -0.1) is 0 Å². The van der Waals surface area contributed by atoms with E-state index in [1.54, 1.807) is 51.3 Å². The fourth-order valence-corrected chi connectivity index (χ4v) is 6.31. The number of methoxy groups -OCH3 is 1. The number of fused-ring (bicyclic) bond motifs is 2. The lowest BCUT2D eigenvalue weighted by Crippen LogP contribution is -2.40. The molecule has 3 aromatic carbocycles. The summed E-state index contributed by atoms with van der Waals surface area (Å²) < 4.78 is 19.1. The van der Waals surface area contributed by atoms with Gasteiger partial charge < -0.3 is 23.8 Å². The molecule has 9 nitrogen and oxygen atoms in total. The predicted molar refractivity (Wildman–Crippen MR) is 159 cm³/mol. The lowest BCUT2D eigenvalue weighted by molar-refractivity contribution is -0.255. The zero-order valence-electron chi connectivity index (χ0n) is 23.5. The number of carboxylic acid groups (broad SMARTS) is 1. The molecule has 0 N–H and O–H groups in total. The number of rotatable bonds is 7. The van der Waals surface area contributed by atoms with Crippen LogP contribution < -0.4 is 24.7 Å². The Balaban J connectivity index is 1.53. The molecule has 43 heavy (non-hydrogen) atoms. The van der Waals surface area contributed by atoms with E-state index in [1.165, 1.54) is 28.0 Å². The van der Waals surface area contributed by atoms with E-state index in [1.807, 2.05) is 36.4 Å². The van der Waals surface area contributed by atoms with E-state index in [2.05, 4.69) is 4.99 Å². The van der Waals surface area contributed by atoms with E-state index in [9.17, 15) is 19.5 Å². The first-order chi connectivity index (χ1) is 20.8. The molecule has 0 saturated carbocycles. The minimum absolute atomic E-state index is 0.0616. The molecular weight excluding hydrogens is 568 g/mol. The van der Waals surface area contributed by atoms with Gasteiger partial charge in [0.1, 0.15) is 23.3 Å². The van der Waals surface area contributed by atoms with Crippen LogP contribution in [-0.2, 0) is 9.53 Å². The van der Waals surface area contributed by atoms with Gasteiger partial charge in [-0.2, -0.15) is 0 Å². The second-order valence-corrected chi connectivity index (χ2v) is 10.8. The van der Waals surface area contributed by atoms with E-state index in [4.69, 9.17) is 13.9 Å². The number of carbonyl (C=O) groups is 2. The van der Waals surface area contributed by atoms with Gasteiger partial charge >= 0.3 is 5.97 Å². The highest BCUT2D eigenvalue weighted by Gasteiger charge is 2.36. The lowest BCUT2D eigenvalue weighted by atomic mass is 9.90. The Kier molecular flexibility index (Phi) is 7.29. The SMILES string of the molecule is CCOC(=O)C1=C(C)N=c2s/c(=C\c3ccc(-c4ccc(C(=O)[O-])cc4)o3)c(=O)n2[C@H]1c1c(OC)ccc2ccccc12. The number of ether oxygens (including phenoxy) is 2. The highest BCUT2D eigenvalue weighted by Crippen LogP contribution is 2.40. The average Bonchev–Trinajstić information content (AvgIpc) is 3.60. The van der Waals surface area contributed by atoms with Crippen LogP contribution in [0, 0.1) is 0 Å². The molecule has 0 fully saturated rings. The number of aromatic nitrogens is 1. The summed E-state index contributed by atoms with van der Waals surface area (Å²) in [5.41, 5.74) is 1.75. The number of hydrogen-bond acceptors (Lipinski definition) is 9. The third kappa shape index (κ3) is 4.95. The van der Waals surface area contributed by atoms with Crippen molar-refractivity contribution in [3.63, 3.8) is 0 Å². The number of carboxylic acids is 1. The minimum Gasteiger partial charge on any atom is -0.545 e. The second-order valence-electron chi connectivity index (χ2n) is 9.77. The van der Waals surface area contributed by atoms with Gasteiger partial charge in [-0.1, -0.05) is 65.9 Å². The number of hydrogen-bond donors (Lipinski definition) is 0. The summed E-state index contributed by atoms with van der Waals surface area (Å²) in [5, 5.41) is 12.8. The summed E-state index contributed by atoms with van der Waals surface area (Å²) in [6.45, 7) is 3.63. The Morgan fingerprint density at radius 2 is 1.84 bits per heavy atom. The Labute approximate surface area is 249 Å². The van der Waals surface area contributed by atoms with Crippen LogP contribution in [0.5, 0.6) is 5.75 Å². The van der Waals surface area contributed by atoms with E-state index in [0.717, 1.165) is 10.8 Å². The van der Waals surface area contributed by atoms with Crippen LogP contribution in [0.4, 0.5) is 0 Å². The van der Waals surface area contributed by atoms with Crippen molar-refractivity contribution in [2.45, 2.75) is 19.9 Å². The van der Waals surface area contributed by atoms with Crippen LogP contribution >= 0.6 is 11.3 Å². The standard InChI is InChI=1S/C33H26N2O7S/c1-4-41-32(39)27-18(2)34-33-35(29(27)28-23-8-6-5-7-19(23)13-15-25(28)40-3)30(36)26(43-33)17-22-14-16-24(42-22)20-9-11-21(12-10-20)31(37)38/h5-17,29H,4H2,1-3H3,(H,37,38)/p-1/b26-17-/t29-/m1/s1. The van der Waals surface area contributed by atoms with Crippen LogP contribution in [0.2, 0.25) is 0 Å². The van der Waals surface area contributed by atoms with Gasteiger partial charge in [-0.25, -0.2) is 9.79 Å². The predicted octanol–water partition coefficient (Wildman–Crippen LogP) is 3.58. The number of furan rings is 1. The van der Waals surface area contributed by atoms with Crippen molar-refractivity contribution in [1.82, 2.24) is 4.57 Å². The summed E-state index contributed by atoms with van der Waals surface area (Å²) in [6, 6.07) is 20.2. The molecule has 1 aliphatic rings. The molecule has 0 radical (unpaired) electrons. The summed E-state index contributed by atoms with van der Waals surface area (Å²) in [6.07, 6.45) is 1.63. The van der Waals surface area contributed by atoms with Gasteiger partial charge in [0.25, 0.3) is 5.56 Å². The fraction of sp³-hybridized carbons (Fsp3) is 0.152. The lowest BCUT2D eigenvalue weighted by Gasteiger charge is -2.27. The zero-order valence-corrected chi connectivity index (χ0v) is 24.3. The number of esters is 1. The van der Waals surface area contributed by atoms with E-state index in [0.29, 0.717) is 43.4 Å². The molecule has 0 spiro atoms. The fourth-order valence-electron chi connectivity index (χ4n) is 5.29. The van der Waals surface area contributed by atoms with Crippen LogP contribution in [0.3, 0.4) is 0 Å². The summed E-state index contributed by atoms with van der Waals surface area (Å²) in [4.78, 5) is 43.7. The topological polar surface area (TPSA) is 123 Å². The molecule has 3 heterocycles. The monoisotopic (exact) mass is 593 g/mol. The van der Waals surface area contributed by atoms with Gasteiger partial charge in [0, 0.05) is 17.2 Å². The molecule has 1 atom stereocenters. The van der Waals surface area contributed by atoms with Gasteiger partial charge in [-0.05, 0) is 48.4 Å². The second kappa shape index (κ2) is 11.2. The number of allylic oxidation sites excluding steroid dienone is 1. The van der Waals surface area contributed by atoms with E-state index < -0.39 is 18.0 Å². The quantitative estimate of drug-likeness (QED) is 0.264. The minimum atomic E-state index is -1.26. The van der Waals surface area contributed by atoms with E-state index >= 15 is 0 Å². The van der Waals surface area contributed by atoms with Gasteiger partial charge in [-0.3, -0.25) is 9.36 Å². The summed E-state index contributed by atoms with van der Waals surface area (Å²) >= 11 is 1.18. The largest absolute Gasteiger partial charge is 0.545 e. The molecule has 1 aliphatic heterocycles. The number of aromatic carboxylic acids is 1. The first-order valence-corrected chi connectivity index (χ1v) is 14.3. The Morgan fingerprint density at radius 3 is 2.56 bits per heavy atom. The molecule has 5 aromatic rings. The summed E-state index contributed by atoms with van der Waals surface area (Å²) in [5.74, 6) is -0.371. The Morgan fingerprint density at radius 1 is 1.07 bits per heavy atom. The first kappa shape index (κ1) is 27.9. The van der Waals surface area contributed by atoms with Crippen LogP contribution in [0.25, 0.3) is 28.2 Å². The maximum Gasteiger partial charge on any atom is 0.338 e. The van der Waals surface area contributed by atoms with E-state index in [-0.39, 0.29) is 23.3 Å². The van der Waals surface area contributed by atoms with Crippen molar-refractivity contribution in [3.8, 4) is 17.1 Å². The smallest absolute Gasteiger partial charge is 0.338 e. The third-order valence-electron chi connectivity index (χ3n) is 7.25. The Hall–Kier alpha value is -5.22. The van der Waals surface area contributed by atoms with Crippen molar-refractivity contribution >= 4 is 40.1 Å². The van der Waals surface area contributed by atoms with Gasteiger partial charge in [0.15, 0.2) is 4.80 Å². The number of benzene rings is 3. The third-order valence-corrected chi connectivity index (χ3v) is 8.23. The molecule has 10 heteroatoms. The van der Waals surface area contributed by atoms with Crippen LogP contribution in [-0.4, -0.2) is 30.2 Å². The molecule has 0 unspecified atom stereocenters. The van der Waals surface area contributed by atoms with Gasteiger partial charge in [0.2, 0.25) is 0 Å². The molecular formula is C33H25N2O7S-. The Bertz CT molecular complexity index is 2120. The molecule has 2 aromatic heterocycles. The van der Waals surface area contributed by atoms with Crippen molar-refractivity contribution < 1.29 is 28.6 Å². The molecule has 0 saturated heterocycles. The van der Waals surface area contributed by atoms with Crippen LogP contribution in [0.1, 0.15) is 41.6 Å². The summed E-state index contributed by atoms with van der Waals surface area (Å²) in [7, 11) is 1.55. The average molecular weight is 594 g/mol. The molecule has 216 valence electrons.